The summed E-state index contributed by atoms with van der Waals surface area (Å²) in [5, 5.41) is 0. The molecule has 0 bridgehead atoms. The summed E-state index contributed by atoms with van der Waals surface area (Å²) in [6, 6.07) is 0. The fraction of sp³-hybridized carbons (Fsp3) is 0.556. The summed E-state index contributed by atoms with van der Waals surface area (Å²) in [5.41, 5.74) is 2.51. The molecule has 0 saturated carbocycles. The molecule has 0 nitrogen and oxygen atoms in total. The highest BCUT2D eigenvalue weighted by molar-refractivity contribution is 5.28. The molecule has 0 rings (SSSR count). The maximum atomic E-state index is 5.22. The van der Waals surface area contributed by atoms with Crippen molar-refractivity contribution in [1.82, 2.24) is 0 Å². The Bertz CT molecular complexity index is 138. The van der Waals surface area contributed by atoms with Crippen molar-refractivity contribution in [2.24, 2.45) is 0 Å². The Labute approximate surface area is 58.0 Å². The summed E-state index contributed by atoms with van der Waals surface area (Å²) in [5.74, 6) is 2.65. The highest BCUT2D eigenvalue weighted by atomic mass is 14.0. The van der Waals surface area contributed by atoms with Crippen molar-refractivity contribution in [3.63, 3.8) is 0 Å². The molecule has 0 aliphatic carbocycles. The topological polar surface area (TPSA) is 0 Å². The van der Waals surface area contributed by atoms with E-state index in [2.05, 4.69) is 19.8 Å². The SMILES string of the molecule is C#CC(C)=C(CC)CC. The molecule has 0 spiro atoms. The molecule has 0 radical (unpaired) electrons. The minimum absolute atomic E-state index is 1.09. The minimum Gasteiger partial charge on any atom is -0.115 e. The van der Waals surface area contributed by atoms with Crippen molar-refractivity contribution in [1.29, 1.82) is 0 Å². The van der Waals surface area contributed by atoms with Gasteiger partial charge in [0, 0.05) is 0 Å². The van der Waals surface area contributed by atoms with Crippen LogP contribution in [-0.4, -0.2) is 0 Å². The third-order valence-corrected chi connectivity index (χ3v) is 1.60. The Hall–Kier alpha value is -0.700. The predicted octanol–water partition coefficient (Wildman–Crippen LogP) is 2.76. The Morgan fingerprint density at radius 1 is 1.33 bits per heavy atom. The fourth-order valence-corrected chi connectivity index (χ4v) is 0.882. The second-order valence-corrected chi connectivity index (χ2v) is 2.08. The molecule has 0 N–H and O–H groups in total. The lowest BCUT2D eigenvalue weighted by atomic mass is 10.1. The van der Waals surface area contributed by atoms with Crippen LogP contribution in [0, 0.1) is 12.3 Å². The van der Waals surface area contributed by atoms with Crippen LogP contribution >= 0.6 is 0 Å². The van der Waals surface area contributed by atoms with Gasteiger partial charge in [0.15, 0.2) is 0 Å². The van der Waals surface area contributed by atoms with Crippen molar-refractivity contribution in [2.45, 2.75) is 33.6 Å². The largest absolute Gasteiger partial charge is 0.115 e. The molecule has 0 amide bonds. The molecule has 0 unspecified atom stereocenters. The summed E-state index contributed by atoms with van der Waals surface area (Å²) in [7, 11) is 0. The van der Waals surface area contributed by atoms with E-state index in [1.54, 1.807) is 0 Å². The average Bonchev–Trinajstić information content (AvgIpc) is 1.90. The molecule has 0 saturated heterocycles. The van der Waals surface area contributed by atoms with Gasteiger partial charge in [-0.05, 0) is 25.3 Å². The Balaban J connectivity index is 4.23. The highest BCUT2D eigenvalue weighted by Crippen LogP contribution is 2.10. The fourth-order valence-electron chi connectivity index (χ4n) is 0.882. The number of rotatable bonds is 2. The van der Waals surface area contributed by atoms with Gasteiger partial charge in [0.2, 0.25) is 0 Å². The molecule has 9 heavy (non-hydrogen) atoms. The zero-order chi connectivity index (χ0) is 7.28. The number of terminal acetylenes is 1. The van der Waals surface area contributed by atoms with Gasteiger partial charge >= 0.3 is 0 Å². The van der Waals surface area contributed by atoms with Crippen LogP contribution in [0.1, 0.15) is 33.6 Å². The molecule has 50 valence electrons. The van der Waals surface area contributed by atoms with Crippen molar-refractivity contribution in [3.8, 4) is 12.3 Å². The molecule has 0 aliphatic heterocycles. The first-order chi connectivity index (χ1) is 4.26. The Morgan fingerprint density at radius 2 is 1.78 bits per heavy atom. The minimum atomic E-state index is 1.09. The molecule has 0 aliphatic rings. The molecule has 0 aromatic rings. The van der Waals surface area contributed by atoms with Crippen LogP contribution in [0.25, 0.3) is 0 Å². The number of hydrogen-bond donors (Lipinski definition) is 0. The molecule has 0 aromatic carbocycles. The standard InChI is InChI=1S/C9H14/c1-5-8(4)9(6-2)7-3/h1H,6-7H2,2-4H3. The first-order valence-electron chi connectivity index (χ1n) is 3.41. The van der Waals surface area contributed by atoms with Crippen LogP contribution in [0.2, 0.25) is 0 Å². The first-order valence-corrected chi connectivity index (χ1v) is 3.41. The van der Waals surface area contributed by atoms with E-state index >= 15 is 0 Å². The summed E-state index contributed by atoms with van der Waals surface area (Å²) in [6.07, 6.45) is 7.40. The van der Waals surface area contributed by atoms with Gasteiger partial charge in [-0.25, -0.2) is 0 Å². The van der Waals surface area contributed by atoms with Gasteiger partial charge in [-0.3, -0.25) is 0 Å². The third kappa shape index (κ3) is 2.37. The van der Waals surface area contributed by atoms with Gasteiger partial charge in [-0.1, -0.05) is 25.3 Å². The zero-order valence-electron chi connectivity index (χ0n) is 6.49. The van der Waals surface area contributed by atoms with Crippen LogP contribution < -0.4 is 0 Å². The average molecular weight is 122 g/mol. The molecular weight excluding hydrogens is 108 g/mol. The Morgan fingerprint density at radius 3 is 1.89 bits per heavy atom. The zero-order valence-corrected chi connectivity index (χ0v) is 6.49. The van der Waals surface area contributed by atoms with Crippen LogP contribution in [-0.2, 0) is 0 Å². The van der Waals surface area contributed by atoms with E-state index in [-0.39, 0.29) is 0 Å². The maximum absolute atomic E-state index is 5.22. The molecule has 0 fully saturated rings. The van der Waals surface area contributed by atoms with Gasteiger partial charge in [-0.15, -0.1) is 6.42 Å². The van der Waals surface area contributed by atoms with Gasteiger partial charge in [-0.2, -0.15) is 0 Å². The smallest absolute Gasteiger partial charge is 0.00216 e. The third-order valence-electron chi connectivity index (χ3n) is 1.60. The first kappa shape index (κ1) is 8.30. The summed E-state index contributed by atoms with van der Waals surface area (Å²) >= 11 is 0. The van der Waals surface area contributed by atoms with E-state index in [0.29, 0.717) is 0 Å². The molecular formula is C9H14. The number of hydrogen-bond acceptors (Lipinski definition) is 0. The van der Waals surface area contributed by atoms with Gasteiger partial charge < -0.3 is 0 Å². The Kier molecular flexibility index (Phi) is 3.88. The lowest BCUT2D eigenvalue weighted by molar-refractivity contribution is 0.960. The van der Waals surface area contributed by atoms with Crippen molar-refractivity contribution < 1.29 is 0 Å². The van der Waals surface area contributed by atoms with Crippen molar-refractivity contribution in [2.75, 3.05) is 0 Å². The molecule has 0 heteroatoms. The van der Waals surface area contributed by atoms with Crippen LogP contribution in [0.4, 0.5) is 0 Å². The van der Waals surface area contributed by atoms with E-state index in [0.717, 1.165) is 18.4 Å². The summed E-state index contributed by atoms with van der Waals surface area (Å²) < 4.78 is 0. The second-order valence-electron chi connectivity index (χ2n) is 2.08. The summed E-state index contributed by atoms with van der Waals surface area (Å²) in [4.78, 5) is 0. The normalized spacial score (nSPS) is 8.22. The highest BCUT2D eigenvalue weighted by Gasteiger charge is 1.92. The van der Waals surface area contributed by atoms with E-state index in [4.69, 9.17) is 6.42 Å². The van der Waals surface area contributed by atoms with Gasteiger partial charge in [0.25, 0.3) is 0 Å². The van der Waals surface area contributed by atoms with Crippen molar-refractivity contribution >= 4 is 0 Å². The van der Waals surface area contributed by atoms with Crippen LogP contribution in [0.3, 0.4) is 0 Å². The predicted molar refractivity (Wildman–Crippen MR) is 42.1 cm³/mol. The lowest BCUT2D eigenvalue weighted by Crippen LogP contribution is -1.81. The van der Waals surface area contributed by atoms with Gasteiger partial charge in [0.05, 0.1) is 0 Å². The van der Waals surface area contributed by atoms with E-state index in [1.807, 2.05) is 6.92 Å². The maximum Gasteiger partial charge on any atom is -0.00216 e. The molecule has 0 heterocycles. The summed E-state index contributed by atoms with van der Waals surface area (Å²) in [6.45, 7) is 6.28. The van der Waals surface area contributed by atoms with Crippen molar-refractivity contribution in [3.05, 3.63) is 11.1 Å². The van der Waals surface area contributed by atoms with E-state index < -0.39 is 0 Å². The van der Waals surface area contributed by atoms with E-state index in [1.165, 1.54) is 5.57 Å². The van der Waals surface area contributed by atoms with Crippen LogP contribution in [0.5, 0.6) is 0 Å². The van der Waals surface area contributed by atoms with Gasteiger partial charge in [0.1, 0.15) is 0 Å². The second kappa shape index (κ2) is 4.21. The van der Waals surface area contributed by atoms with Crippen LogP contribution in [0.15, 0.2) is 11.1 Å². The lowest BCUT2D eigenvalue weighted by Gasteiger charge is -1.99. The molecule has 0 atom stereocenters. The quantitative estimate of drug-likeness (QED) is 0.494. The molecule has 0 aromatic heterocycles. The number of allylic oxidation sites excluding steroid dienone is 2. The monoisotopic (exact) mass is 122 g/mol. The van der Waals surface area contributed by atoms with E-state index in [9.17, 15) is 0 Å².